The van der Waals surface area contributed by atoms with Gasteiger partial charge >= 0.3 is 0 Å². The van der Waals surface area contributed by atoms with Crippen LogP contribution in [0.25, 0.3) is 0 Å². The number of nitrogens with one attached hydrogen (secondary N) is 2. The first kappa shape index (κ1) is 20.7. The molecule has 3 atom stereocenters. The molecule has 1 aromatic carbocycles. The van der Waals surface area contributed by atoms with Gasteiger partial charge in [0.15, 0.2) is 0 Å². The molecule has 0 spiro atoms. The third-order valence-corrected chi connectivity index (χ3v) is 7.82. The van der Waals surface area contributed by atoms with Crippen molar-refractivity contribution in [3.63, 3.8) is 0 Å². The van der Waals surface area contributed by atoms with Crippen LogP contribution in [-0.2, 0) is 9.59 Å². The minimum Gasteiger partial charge on any atom is -0.366 e. The van der Waals surface area contributed by atoms with Crippen LogP contribution in [-0.4, -0.2) is 84.3 Å². The fourth-order valence-electron chi connectivity index (χ4n) is 5.98. The van der Waals surface area contributed by atoms with Gasteiger partial charge in [-0.15, -0.1) is 0 Å². The second kappa shape index (κ2) is 7.59. The Morgan fingerprint density at radius 2 is 1.61 bits per heavy atom. The van der Waals surface area contributed by atoms with E-state index in [-0.39, 0.29) is 24.0 Å². The molecule has 2 N–H and O–H groups in total. The van der Waals surface area contributed by atoms with Crippen molar-refractivity contribution < 1.29 is 23.6 Å². The van der Waals surface area contributed by atoms with Crippen LogP contribution in [0.2, 0.25) is 0 Å². The monoisotopic (exact) mass is 455 g/mol. The molecule has 4 amide bonds. The minimum atomic E-state index is -1.05. The van der Waals surface area contributed by atoms with Gasteiger partial charge in [-0.2, -0.15) is 0 Å². The second-order valence-corrected chi connectivity index (χ2v) is 9.81. The van der Waals surface area contributed by atoms with Crippen molar-refractivity contribution in [3.8, 4) is 0 Å². The number of halogens is 1. The highest BCUT2D eigenvalue weighted by Gasteiger charge is 2.46. The van der Waals surface area contributed by atoms with Crippen LogP contribution >= 0.6 is 0 Å². The number of piperidine rings is 1. The lowest BCUT2D eigenvalue weighted by molar-refractivity contribution is -0.136. The molecule has 0 aromatic heterocycles. The number of carbonyl (C=O) groups is 4. The predicted octanol–water partition coefficient (Wildman–Crippen LogP) is 0.0993. The fourth-order valence-corrected chi connectivity index (χ4v) is 5.98. The molecule has 0 saturated carbocycles. The van der Waals surface area contributed by atoms with Crippen molar-refractivity contribution in [3.05, 3.63) is 29.1 Å². The summed E-state index contributed by atoms with van der Waals surface area (Å²) in [6.07, 6.45) is 2.28. The molecule has 5 heterocycles. The van der Waals surface area contributed by atoms with Gasteiger partial charge in [0.25, 0.3) is 11.8 Å². The third-order valence-electron chi connectivity index (χ3n) is 7.82. The number of hydrogen-bond donors (Lipinski definition) is 2. The Kier molecular flexibility index (Phi) is 4.77. The summed E-state index contributed by atoms with van der Waals surface area (Å²) in [6, 6.07) is 2.26. The Morgan fingerprint density at radius 1 is 0.939 bits per heavy atom. The number of carbonyl (C=O) groups excluding carboxylic acids is 4. The van der Waals surface area contributed by atoms with E-state index in [0.29, 0.717) is 36.8 Å². The van der Waals surface area contributed by atoms with Crippen LogP contribution in [0.5, 0.6) is 0 Å². The Bertz CT molecular complexity index is 1060. The zero-order chi connectivity index (χ0) is 22.9. The van der Waals surface area contributed by atoms with E-state index >= 15 is 4.39 Å². The molecule has 10 heteroatoms. The molecule has 0 radical (unpaired) electrons. The standard InChI is InChI=1S/C23H26FN5O4/c24-17-5-15-16(23(33)29(22(15)32)18-3-4-20(30)26-21(18)31)6-19(17)27-10-13-1-2-14(11-27)28(13)9-12-7-25-8-12/h5-6,12-14,18,25H,1-4,7-11H2,(H,26,30,31). The molecule has 6 rings (SSSR count). The quantitative estimate of drug-likeness (QED) is 0.621. The molecule has 2 bridgehead atoms. The topological polar surface area (TPSA) is 102 Å². The summed E-state index contributed by atoms with van der Waals surface area (Å²) in [5, 5.41) is 5.49. The molecule has 4 saturated heterocycles. The van der Waals surface area contributed by atoms with E-state index in [1.165, 1.54) is 6.07 Å². The smallest absolute Gasteiger partial charge is 0.262 e. The summed E-state index contributed by atoms with van der Waals surface area (Å²) in [5.41, 5.74) is 0.434. The van der Waals surface area contributed by atoms with Crippen LogP contribution in [0.1, 0.15) is 46.4 Å². The van der Waals surface area contributed by atoms with Gasteiger partial charge < -0.3 is 10.2 Å². The second-order valence-electron chi connectivity index (χ2n) is 9.81. The highest BCUT2D eigenvalue weighted by atomic mass is 19.1. The Balaban J connectivity index is 1.24. The molecule has 174 valence electrons. The molecular weight excluding hydrogens is 429 g/mol. The van der Waals surface area contributed by atoms with Crippen molar-refractivity contribution in [1.29, 1.82) is 0 Å². The maximum absolute atomic E-state index is 15.2. The van der Waals surface area contributed by atoms with Gasteiger partial charge in [0, 0.05) is 51.2 Å². The van der Waals surface area contributed by atoms with Crippen LogP contribution in [0.4, 0.5) is 10.1 Å². The molecule has 5 aliphatic rings. The molecule has 5 aliphatic heterocycles. The Morgan fingerprint density at radius 3 is 2.21 bits per heavy atom. The van der Waals surface area contributed by atoms with E-state index in [9.17, 15) is 19.2 Å². The number of rotatable bonds is 4. The molecule has 4 fully saturated rings. The van der Waals surface area contributed by atoms with Crippen LogP contribution in [0.15, 0.2) is 12.1 Å². The molecule has 33 heavy (non-hydrogen) atoms. The summed E-state index contributed by atoms with van der Waals surface area (Å²) in [4.78, 5) is 55.2. The summed E-state index contributed by atoms with van der Waals surface area (Å²) >= 11 is 0. The van der Waals surface area contributed by atoms with Crippen molar-refractivity contribution in [2.24, 2.45) is 5.92 Å². The number of hydrogen-bond acceptors (Lipinski definition) is 7. The number of anilines is 1. The van der Waals surface area contributed by atoms with Crippen LogP contribution in [0, 0.1) is 11.7 Å². The molecule has 3 unspecified atom stereocenters. The normalized spacial score (nSPS) is 30.0. The van der Waals surface area contributed by atoms with Crippen molar-refractivity contribution >= 4 is 29.3 Å². The van der Waals surface area contributed by atoms with E-state index in [1.807, 2.05) is 4.90 Å². The van der Waals surface area contributed by atoms with Crippen molar-refractivity contribution in [1.82, 2.24) is 20.4 Å². The number of fused-ring (bicyclic) bond motifs is 3. The number of piperazine rings is 1. The first-order chi connectivity index (χ1) is 15.9. The van der Waals surface area contributed by atoms with Gasteiger partial charge in [-0.1, -0.05) is 0 Å². The van der Waals surface area contributed by atoms with Crippen molar-refractivity contribution in [2.45, 2.75) is 43.8 Å². The fraction of sp³-hybridized carbons (Fsp3) is 0.565. The Hall–Kier alpha value is -2.85. The van der Waals surface area contributed by atoms with Crippen LogP contribution < -0.4 is 15.5 Å². The molecule has 0 aliphatic carbocycles. The van der Waals surface area contributed by atoms with E-state index in [0.717, 1.165) is 43.4 Å². The Labute approximate surface area is 190 Å². The van der Waals surface area contributed by atoms with E-state index < -0.39 is 35.5 Å². The summed E-state index contributed by atoms with van der Waals surface area (Å²) in [5.74, 6) is -2.24. The molecular formula is C23H26FN5O4. The van der Waals surface area contributed by atoms with E-state index in [1.54, 1.807) is 0 Å². The van der Waals surface area contributed by atoms with Gasteiger partial charge in [-0.25, -0.2) is 4.39 Å². The van der Waals surface area contributed by atoms with E-state index in [2.05, 4.69) is 15.5 Å². The summed E-state index contributed by atoms with van der Waals surface area (Å²) in [7, 11) is 0. The highest BCUT2D eigenvalue weighted by molar-refractivity contribution is 6.23. The van der Waals surface area contributed by atoms with Gasteiger partial charge in [0.05, 0.1) is 16.8 Å². The van der Waals surface area contributed by atoms with Gasteiger partial charge in [0.1, 0.15) is 11.9 Å². The van der Waals surface area contributed by atoms with Crippen LogP contribution in [0.3, 0.4) is 0 Å². The maximum atomic E-state index is 15.2. The predicted molar refractivity (Wildman–Crippen MR) is 115 cm³/mol. The highest BCUT2D eigenvalue weighted by Crippen LogP contribution is 2.37. The first-order valence-electron chi connectivity index (χ1n) is 11.7. The number of imide groups is 2. The lowest BCUT2D eigenvalue weighted by Crippen LogP contribution is -2.58. The minimum absolute atomic E-state index is 0.0231. The molecule has 9 nitrogen and oxygen atoms in total. The zero-order valence-corrected chi connectivity index (χ0v) is 18.2. The third kappa shape index (κ3) is 3.26. The summed E-state index contributed by atoms with van der Waals surface area (Å²) in [6.45, 7) is 4.55. The number of nitrogens with zero attached hydrogens (tertiary/aromatic N) is 3. The number of amides is 4. The average Bonchev–Trinajstić information content (AvgIpc) is 3.12. The summed E-state index contributed by atoms with van der Waals surface area (Å²) < 4.78 is 15.2. The van der Waals surface area contributed by atoms with Gasteiger partial charge in [-0.3, -0.25) is 34.3 Å². The lowest BCUT2D eigenvalue weighted by atomic mass is 10.0. The van der Waals surface area contributed by atoms with Gasteiger partial charge in [0.2, 0.25) is 11.8 Å². The lowest BCUT2D eigenvalue weighted by Gasteiger charge is -2.44. The average molecular weight is 455 g/mol. The first-order valence-corrected chi connectivity index (χ1v) is 11.7. The zero-order valence-electron chi connectivity index (χ0n) is 18.2. The largest absolute Gasteiger partial charge is 0.366 e. The number of benzene rings is 1. The SMILES string of the molecule is O=C1CCC(N2C(=O)c3cc(F)c(N4CC5CCC(C4)N5CC4CNC4)cc3C2=O)C(=O)N1. The van der Waals surface area contributed by atoms with Crippen molar-refractivity contribution in [2.75, 3.05) is 37.6 Å². The maximum Gasteiger partial charge on any atom is 0.262 e. The molecule has 1 aromatic rings. The van der Waals surface area contributed by atoms with E-state index in [4.69, 9.17) is 0 Å². The van der Waals surface area contributed by atoms with Gasteiger partial charge in [-0.05, 0) is 37.3 Å².